The molecule has 0 heterocycles. The Kier molecular flexibility index (Phi) is 32.5. The van der Waals surface area contributed by atoms with Gasteiger partial charge in [0.15, 0.2) is 0 Å². The quantitative estimate of drug-likeness (QED) is 0.0592. The predicted octanol–water partition coefficient (Wildman–Crippen LogP) is -13.1. The van der Waals surface area contributed by atoms with Crippen LogP contribution in [0, 0.1) is 0 Å². The summed E-state index contributed by atoms with van der Waals surface area (Å²) in [5.41, 5.74) is 0. The maximum absolute atomic E-state index is 10.1. The Balaban J connectivity index is -0.000000171. The smallest absolute Gasteiger partial charge is 0.790 e. The minimum absolute atomic E-state index is 0. The van der Waals surface area contributed by atoms with Crippen LogP contribution >= 0.6 is 15.6 Å². The predicted molar refractivity (Wildman–Crippen MR) is 102 cm³/mol. The Morgan fingerprint density at radius 1 is 0.568 bits per heavy atom. The van der Waals surface area contributed by atoms with Crippen molar-refractivity contribution in [1.82, 2.24) is 0 Å². The van der Waals surface area contributed by atoms with Crippen molar-refractivity contribution in [3.8, 4) is 0 Å². The van der Waals surface area contributed by atoms with Gasteiger partial charge in [0.1, 0.15) is 48.8 Å². The number of aliphatic carboxylic acids is 2. The summed E-state index contributed by atoms with van der Waals surface area (Å²) in [4.78, 5) is 60.2. The molecule has 0 aliphatic carbocycles. The molecular formula is C12H20Ba3O20P2. The Labute approximate surface area is 328 Å². The molecule has 0 spiro atoms. The van der Waals surface area contributed by atoms with Crippen LogP contribution in [0.3, 0.4) is 0 Å². The SMILES string of the molecule is O=C([O-])[C@H](O)[C@@H](O)[C@H](O)[C@H](O)COP(=O)([O-])[O-].O=C([O-])[C@H](O)[C@@H](O)[C@H](O)[C@H](O)COP(=O)([O-])[O-].[Ba+2].[Ba+2].[Ba+2]. The van der Waals surface area contributed by atoms with E-state index in [1.54, 1.807) is 0 Å². The maximum atomic E-state index is 10.1. The van der Waals surface area contributed by atoms with Crippen LogP contribution in [0.4, 0.5) is 0 Å². The van der Waals surface area contributed by atoms with Crippen molar-refractivity contribution < 1.29 is 98.4 Å². The molecule has 204 valence electrons. The summed E-state index contributed by atoms with van der Waals surface area (Å²) in [6.45, 7) is -2.38. The number of carboxylic acids is 2. The molecule has 0 bridgehead atoms. The minimum Gasteiger partial charge on any atom is -0.790 e. The average Bonchev–Trinajstić information content (AvgIpc) is 2.71. The first-order valence-electron chi connectivity index (χ1n) is 8.31. The number of hydrogen-bond acceptors (Lipinski definition) is 20. The zero-order valence-corrected chi connectivity index (χ0v) is 33.6. The number of phosphoric acid groups is 2. The molecule has 37 heavy (non-hydrogen) atoms. The fraction of sp³-hybridized carbons (Fsp3) is 0.833. The summed E-state index contributed by atoms with van der Waals surface area (Å²) in [5.74, 6) is -4.22. The van der Waals surface area contributed by atoms with Gasteiger partial charge in [-0.25, -0.2) is 0 Å². The van der Waals surface area contributed by atoms with Gasteiger partial charge in [-0.2, -0.15) is 0 Å². The van der Waals surface area contributed by atoms with Crippen LogP contribution in [0.5, 0.6) is 0 Å². The van der Waals surface area contributed by atoms with Crippen LogP contribution in [0.2, 0.25) is 0 Å². The zero-order valence-electron chi connectivity index (χ0n) is 18.5. The van der Waals surface area contributed by atoms with Crippen molar-refractivity contribution in [3.05, 3.63) is 0 Å². The van der Waals surface area contributed by atoms with Gasteiger partial charge in [0, 0.05) is 0 Å². The van der Waals surface area contributed by atoms with E-state index in [4.69, 9.17) is 40.9 Å². The van der Waals surface area contributed by atoms with Gasteiger partial charge in [0.25, 0.3) is 0 Å². The molecule has 0 aromatic heterocycles. The summed E-state index contributed by atoms with van der Waals surface area (Å²) >= 11 is 0. The number of carbonyl (C=O) groups is 2. The van der Waals surface area contributed by atoms with Crippen molar-refractivity contribution in [1.29, 1.82) is 0 Å². The molecule has 8 atom stereocenters. The van der Waals surface area contributed by atoms with Crippen LogP contribution in [0.25, 0.3) is 0 Å². The van der Waals surface area contributed by atoms with Crippen LogP contribution in [0.15, 0.2) is 0 Å². The van der Waals surface area contributed by atoms with E-state index < -0.39 is 89.6 Å². The zero-order chi connectivity index (χ0) is 27.6. The molecule has 0 rings (SSSR count). The maximum Gasteiger partial charge on any atom is 2.00 e. The number of aliphatic hydroxyl groups is 8. The third-order valence-corrected chi connectivity index (χ3v) is 4.36. The van der Waals surface area contributed by atoms with Crippen LogP contribution in [0.1, 0.15) is 0 Å². The second-order valence-corrected chi connectivity index (χ2v) is 8.42. The molecular weight excluding hydrogens is 938 g/mol. The van der Waals surface area contributed by atoms with E-state index in [2.05, 4.69) is 9.05 Å². The van der Waals surface area contributed by atoms with Gasteiger partial charge in [-0.3, -0.25) is 0 Å². The molecule has 20 nitrogen and oxygen atoms in total. The standard InChI is InChI=1S/2C6H13O10P.3Ba/c2*7-2(1-16-17(13,14)15)3(8)4(9)5(10)6(11)12;;;/h2*2-5,7-10H,1H2,(H,11,12)(H2,13,14,15);;;/q;;3*+2/p-6/t2*2-,3-,4+,5-;;;/m11.../s1. The molecule has 0 aliphatic heterocycles. The Morgan fingerprint density at radius 3 is 0.946 bits per heavy atom. The number of carbonyl (C=O) groups excluding carboxylic acids is 2. The largest absolute Gasteiger partial charge is 2.00 e. The van der Waals surface area contributed by atoms with Gasteiger partial charge in [-0.15, -0.1) is 0 Å². The van der Waals surface area contributed by atoms with E-state index in [-0.39, 0.29) is 147 Å². The van der Waals surface area contributed by atoms with E-state index in [0.29, 0.717) is 0 Å². The molecule has 0 aromatic carbocycles. The molecule has 0 fully saturated rings. The van der Waals surface area contributed by atoms with Gasteiger partial charge < -0.3 is 98.4 Å². The summed E-state index contributed by atoms with van der Waals surface area (Å²) in [7, 11) is -10.8. The molecule has 25 heteroatoms. The van der Waals surface area contributed by atoms with E-state index in [9.17, 15) is 48.5 Å². The Morgan fingerprint density at radius 2 is 0.784 bits per heavy atom. The van der Waals surface area contributed by atoms with E-state index in [1.807, 2.05) is 0 Å². The normalized spacial score (nSPS) is 17.8. The van der Waals surface area contributed by atoms with Crippen molar-refractivity contribution >= 4 is 174 Å². The number of aliphatic hydroxyl groups excluding tert-OH is 8. The van der Waals surface area contributed by atoms with E-state index in [1.165, 1.54) is 0 Å². The number of phosphoric ester groups is 2. The fourth-order valence-corrected chi connectivity index (χ4v) is 2.31. The number of rotatable bonds is 14. The summed E-state index contributed by atoms with van der Waals surface area (Å²) in [5, 5.41) is 91.9. The topological polar surface area (TPSA) is 387 Å². The second kappa shape index (κ2) is 23.9. The number of carboxylic acid groups (broad SMARTS) is 2. The van der Waals surface area contributed by atoms with Crippen molar-refractivity contribution in [3.63, 3.8) is 0 Å². The molecule has 0 amide bonds. The van der Waals surface area contributed by atoms with Crippen molar-refractivity contribution in [2.24, 2.45) is 0 Å². The Hall–Kier alpha value is 3.55. The molecule has 8 N–H and O–H groups in total. The molecule has 0 unspecified atom stereocenters. The van der Waals surface area contributed by atoms with Gasteiger partial charge >= 0.3 is 147 Å². The first-order chi connectivity index (χ1) is 15.1. The number of hydrogen-bond donors (Lipinski definition) is 8. The summed E-state index contributed by atoms with van der Waals surface area (Å²) in [6.07, 6.45) is -18.3. The van der Waals surface area contributed by atoms with Crippen LogP contribution in [-0.2, 0) is 27.8 Å². The molecule has 0 aromatic rings. The second-order valence-electron chi connectivity index (χ2n) is 6.11. The third kappa shape index (κ3) is 24.7. The van der Waals surface area contributed by atoms with Gasteiger partial charge in [-0.1, -0.05) is 0 Å². The average molecular weight is 958 g/mol. The Bertz CT molecular complexity index is 673. The van der Waals surface area contributed by atoms with Gasteiger partial charge in [0.2, 0.25) is 0 Å². The first-order valence-corrected chi connectivity index (χ1v) is 11.2. The van der Waals surface area contributed by atoms with Gasteiger partial charge in [0.05, 0.1) is 40.8 Å². The molecule has 0 saturated carbocycles. The van der Waals surface area contributed by atoms with Crippen LogP contribution in [-0.4, -0.2) is 261 Å². The first kappa shape index (κ1) is 50.2. The van der Waals surface area contributed by atoms with Crippen LogP contribution < -0.4 is 29.8 Å². The third-order valence-electron chi connectivity index (χ3n) is 3.43. The van der Waals surface area contributed by atoms with Gasteiger partial charge in [-0.05, 0) is 0 Å². The molecule has 0 saturated heterocycles. The minimum atomic E-state index is -5.38. The summed E-state index contributed by atoms with van der Waals surface area (Å²) in [6, 6.07) is 0. The van der Waals surface area contributed by atoms with Crippen molar-refractivity contribution in [2.45, 2.75) is 48.8 Å². The van der Waals surface area contributed by atoms with E-state index in [0.717, 1.165) is 0 Å². The van der Waals surface area contributed by atoms with Crippen molar-refractivity contribution in [2.75, 3.05) is 13.2 Å². The summed E-state index contributed by atoms with van der Waals surface area (Å²) < 4.78 is 27.2. The molecule has 0 radical (unpaired) electrons. The fourth-order valence-electron chi connectivity index (χ4n) is 1.64. The molecule has 0 aliphatic rings. The van der Waals surface area contributed by atoms with E-state index >= 15 is 0 Å². The monoisotopic (exact) mass is 960 g/mol.